The summed E-state index contributed by atoms with van der Waals surface area (Å²) in [5, 5.41) is 3.10. The fourth-order valence-corrected chi connectivity index (χ4v) is 2.93. The Balaban J connectivity index is 1.89. The van der Waals surface area contributed by atoms with E-state index in [1.807, 2.05) is 4.90 Å². The van der Waals surface area contributed by atoms with Gasteiger partial charge in [0.1, 0.15) is 5.75 Å². The number of piperidine rings is 1. The van der Waals surface area contributed by atoms with Gasteiger partial charge in [0.25, 0.3) is 5.91 Å². The summed E-state index contributed by atoms with van der Waals surface area (Å²) in [4.78, 5) is 26.0. The maximum atomic E-state index is 12.4. The molecule has 24 heavy (non-hydrogen) atoms. The number of rotatable bonds is 4. The number of benzene rings is 1. The van der Waals surface area contributed by atoms with Crippen LogP contribution in [0.25, 0.3) is 0 Å². The van der Waals surface area contributed by atoms with Crippen LogP contribution in [0.4, 0.5) is 0 Å². The zero-order valence-electron chi connectivity index (χ0n) is 13.9. The standard InChI is InChI=1S/C17H22N2O4S/c1-3-23-16(21)12-8-10-19(11-9-12)17(24)18-15(20)13-6-4-5-7-14(13)22-2/h4-7,12H,3,8-11H2,1-2H3,(H,18,20,24). The summed E-state index contributed by atoms with van der Waals surface area (Å²) in [6.45, 7) is 3.44. The fraction of sp³-hybridized carbons (Fsp3) is 0.471. The van der Waals surface area contributed by atoms with Gasteiger partial charge < -0.3 is 14.4 Å². The van der Waals surface area contributed by atoms with Gasteiger partial charge in [0.05, 0.1) is 25.2 Å². The fourth-order valence-electron chi connectivity index (χ4n) is 2.65. The highest BCUT2D eigenvalue weighted by molar-refractivity contribution is 7.80. The van der Waals surface area contributed by atoms with E-state index in [1.54, 1.807) is 31.2 Å². The van der Waals surface area contributed by atoms with Crippen molar-refractivity contribution in [3.05, 3.63) is 29.8 Å². The van der Waals surface area contributed by atoms with Crippen LogP contribution < -0.4 is 10.1 Å². The molecule has 1 aromatic rings. The molecule has 1 amide bonds. The van der Waals surface area contributed by atoms with Crippen LogP contribution in [0, 0.1) is 5.92 Å². The summed E-state index contributed by atoms with van der Waals surface area (Å²) in [7, 11) is 1.52. The predicted molar refractivity (Wildman–Crippen MR) is 94.0 cm³/mol. The average Bonchev–Trinajstić information content (AvgIpc) is 2.61. The molecule has 0 unspecified atom stereocenters. The second kappa shape index (κ2) is 8.63. The molecule has 0 atom stereocenters. The van der Waals surface area contributed by atoms with Crippen LogP contribution in [-0.4, -0.2) is 48.7 Å². The van der Waals surface area contributed by atoms with Gasteiger partial charge in [0.2, 0.25) is 0 Å². The number of carbonyl (C=O) groups excluding carboxylic acids is 2. The first-order valence-corrected chi connectivity index (χ1v) is 8.37. The number of hydrogen-bond donors (Lipinski definition) is 1. The molecular weight excluding hydrogens is 328 g/mol. The van der Waals surface area contributed by atoms with E-state index < -0.39 is 0 Å². The van der Waals surface area contributed by atoms with Crippen molar-refractivity contribution < 1.29 is 19.1 Å². The highest BCUT2D eigenvalue weighted by Crippen LogP contribution is 2.20. The maximum Gasteiger partial charge on any atom is 0.309 e. The van der Waals surface area contributed by atoms with Crippen LogP contribution in [0.2, 0.25) is 0 Å². The molecule has 0 spiro atoms. The van der Waals surface area contributed by atoms with Crippen LogP contribution in [0.1, 0.15) is 30.1 Å². The van der Waals surface area contributed by atoms with Crippen LogP contribution in [0.3, 0.4) is 0 Å². The highest BCUT2D eigenvalue weighted by Gasteiger charge is 2.27. The summed E-state index contributed by atoms with van der Waals surface area (Å²) in [6.07, 6.45) is 1.34. The first-order chi connectivity index (χ1) is 11.6. The van der Waals surface area contributed by atoms with Crippen molar-refractivity contribution in [2.45, 2.75) is 19.8 Å². The van der Waals surface area contributed by atoms with E-state index >= 15 is 0 Å². The summed E-state index contributed by atoms with van der Waals surface area (Å²) >= 11 is 5.32. The minimum absolute atomic E-state index is 0.0890. The molecule has 0 bridgehead atoms. The third-order valence-electron chi connectivity index (χ3n) is 3.97. The van der Waals surface area contributed by atoms with E-state index in [0.29, 0.717) is 49.0 Å². The molecule has 130 valence electrons. The Morgan fingerprint density at radius 1 is 1.29 bits per heavy atom. The monoisotopic (exact) mass is 350 g/mol. The number of amides is 1. The molecule has 1 aliphatic rings. The van der Waals surface area contributed by atoms with Crippen molar-refractivity contribution in [1.82, 2.24) is 10.2 Å². The van der Waals surface area contributed by atoms with E-state index in [0.717, 1.165) is 0 Å². The summed E-state index contributed by atoms with van der Waals surface area (Å²) in [6, 6.07) is 6.98. The van der Waals surface area contributed by atoms with Gasteiger partial charge in [0, 0.05) is 13.1 Å². The molecule has 0 radical (unpaired) electrons. The lowest BCUT2D eigenvalue weighted by atomic mass is 9.97. The number of para-hydroxylation sites is 1. The number of carbonyl (C=O) groups is 2. The van der Waals surface area contributed by atoms with Gasteiger partial charge in [-0.1, -0.05) is 12.1 Å². The van der Waals surface area contributed by atoms with Gasteiger partial charge in [-0.2, -0.15) is 0 Å². The second-order valence-electron chi connectivity index (χ2n) is 5.47. The van der Waals surface area contributed by atoms with Gasteiger partial charge in [0.15, 0.2) is 5.11 Å². The highest BCUT2D eigenvalue weighted by atomic mass is 32.1. The molecule has 1 aliphatic heterocycles. The predicted octanol–water partition coefficient (Wildman–Crippen LogP) is 1.99. The molecular formula is C17H22N2O4S. The minimum Gasteiger partial charge on any atom is -0.496 e. The zero-order valence-corrected chi connectivity index (χ0v) is 14.7. The van der Waals surface area contributed by atoms with Crippen LogP contribution in [0.15, 0.2) is 24.3 Å². The van der Waals surface area contributed by atoms with E-state index in [1.165, 1.54) is 7.11 Å². The number of nitrogens with zero attached hydrogens (tertiary/aromatic N) is 1. The first-order valence-electron chi connectivity index (χ1n) is 7.96. The van der Waals surface area contributed by atoms with Gasteiger partial charge in [-0.25, -0.2) is 0 Å². The molecule has 1 N–H and O–H groups in total. The Bertz CT molecular complexity index is 612. The van der Waals surface area contributed by atoms with Gasteiger partial charge >= 0.3 is 5.97 Å². The Morgan fingerprint density at radius 3 is 2.58 bits per heavy atom. The number of hydrogen-bond acceptors (Lipinski definition) is 5. The number of methoxy groups -OCH3 is 1. The van der Waals surface area contributed by atoms with Crippen LogP contribution in [0.5, 0.6) is 5.75 Å². The number of thiocarbonyl (C=S) groups is 1. The van der Waals surface area contributed by atoms with Gasteiger partial charge in [-0.3, -0.25) is 14.9 Å². The number of likely N-dealkylation sites (tertiary alicyclic amines) is 1. The third-order valence-corrected chi connectivity index (χ3v) is 4.33. The molecule has 2 rings (SSSR count). The molecule has 0 aliphatic carbocycles. The Morgan fingerprint density at radius 2 is 1.96 bits per heavy atom. The second-order valence-corrected chi connectivity index (χ2v) is 5.86. The molecule has 1 saturated heterocycles. The minimum atomic E-state index is -0.301. The first kappa shape index (κ1) is 18.2. The molecule has 0 saturated carbocycles. The van der Waals surface area contributed by atoms with Crippen molar-refractivity contribution in [2.24, 2.45) is 5.92 Å². The zero-order chi connectivity index (χ0) is 17.5. The normalized spacial score (nSPS) is 14.8. The lowest BCUT2D eigenvalue weighted by Gasteiger charge is -2.32. The molecule has 7 heteroatoms. The Kier molecular flexibility index (Phi) is 6.54. The van der Waals surface area contributed by atoms with Crippen LogP contribution >= 0.6 is 12.2 Å². The van der Waals surface area contributed by atoms with Crippen molar-refractivity contribution in [3.63, 3.8) is 0 Å². The molecule has 1 heterocycles. The molecule has 1 fully saturated rings. The quantitative estimate of drug-likeness (QED) is 0.662. The van der Waals surface area contributed by atoms with Crippen molar-refractivity contribution in [3.8, 4) is 5.75 Å². The number of ether oxygens (including phenoxy) is 2. The summed E-state index contributed by atoms with van der Waals surface area (Å²) in [5.74, 6) is -0.0427. The van der Waals surface area contributed by atoms with Crippen molar-refractivity contribution >= 4 is 29.2 Å². The van der Waals surface area contributed by atoms with E-state index in [4.69, 9.17) is 21.7 Å². The van der Waals surface area contributed by atoms with E-state index in [9.17, 15) is 9.59 Å². The summed E-state index contributed by atoms with van der Waals surface area (Å²) in [5.41, 5.74) is 0.434. The largest absolute Gasteiger partial charge is 0.496 e. The summed E-state index contributed by atoms with van der Waals surface area (Å²) < 4.78 is 10.2. The van der Waals surface area contributed by atoms with Gasteiger partial charge in [-0.05, 0) is 44.1 Å². The van der Waals surface area contributed by atoms with Crippen LogP contribution in [-0.2, 0) is 9.53 Å². The van der Waals surface area contributed by atoms with Crippen molar-refractivity contribution in [2.75, 3.05) is 26.8 Å². The smallest absolute Gasteiger partial charge is 0.309 e. The lowest BCUT2D eigenvalue weighted by Crippen LogP contribution is -2.47. The average molecular weight is 350 g/mol. The SMILES string of the molecule is CCOC(=O)C1CCN(C(=S)NC(=O)c2ccccc2OC)CC1. The molecule has 1 aromatic carbocycles. The lowest BCUT2D eigenvalue weighted by molar-refractivity contribution is -0.149. The Labute approximate surface area is 147 Å². The Hall–Kier alpha value is -2.15. The number of esters is 1. The van der Waals surface area contributed by atoms with E-state index in [2.05, 4.69) is 5.32 Å². The molecule has 0 aromatic heterocycles. The topological polar surface area (TPSA) is 67.9 Å². The number of nitrogens with one attached hydrogen (secondary N) is 1. The van der Waals surface area contributed by atoms with Crippen molar-refractivity contribution in [1.29, 1.82) is 0 Å². The maximum absolute atomic E-state index is 12.4. The third kappa shape index (κ3) is 4.44. The molecule has 6 nitrogen and oxygen atoms in total. The van der Waals surface area contributed by atoms with Gasteiger partial charge in [-0.15, -0.1) is 0 Å². The van der Waals surface area contributed by atoms with E-state index in [-0.39, 0.29) is 17.8 Å².